The van der Waals surface area contributed by atoms with Crippen molar-refractivity contribution in [3.8, 4) is 34.5 Å². The second-order valence-corrected chi connectivity index (χ2v) is 7.51. The van der Waals surface area contributed by atoms with Crippen LogP contribution in [0.2, 0.25) is 0 Å². The van der Waals surface area contributed by atoms with Gasteiger partial charge in [-0.2, -0.15) is 0 Å². The van der Waals surface area contributed by atoms with Gasteiger partial charge in [-0.05, 0) is 30.3 Å². The predicted octanol–water partition coefficient (Wildman–Crippen LogP) is 3.25. The van der Waals surface area contributed by atoms with Gasteiger partial charge in [0.05, 0.1) is 31.6 Å². The predicted molar refractivity (Wildman–Crippen MR) is 118 cm³/mol. The van der Waals surface area contributed by atoms with Crippen molar-refractivity contribution >= 4 is 21.9 Å². The second-order valence-electron chi connectivity index (χ2n) is 7.51. The zero-order valence-electron chi connectivity index (χ0n) is 17.7. The fourth-order valence-corrected chi connectivity index (χ4v) is 4.01. The molecule has 0 radical (unpaired) electrons. The van der Waals surface area contributed by atoms with E-state index in [2.05, 4.69) is 0 Å². The van der Waals surface area contributed by atoms with E-state index in [4.69, 9.17) is 23.4 Å². The van der Waals surface area contributed by atoms with Gasteiger partial charge in [0.1, 0.15) is 5.58 Å². The molecule has 0 fully saturated rings. The molecule has 0 spiro atoms. The number of aliphatic hydroxyl groups is 1. The summed E-state index contributed by atoms with van der Waals surface area (Å²) >= 11 is 0. The molecule has 0 amide bonds. The van der Waals surface area contributed by atoms with Crippen molar-refractivity contribution in [1.29, 1.82) is 0 Å². The first-order valence-corrected chi connectivity index (χ1v) is 10.1. The molecule has 0 bridgehead atoms. The molecule has 1 aliphatic rings. The summed E-state index contributed by atoms with van der Waals surface area (Å²) in [5.74, 6) is -0.267. The van der Waals surface area contributed by atoms with Crippen molar-refractivity contribution in [1.82, 2.24) is 0 Å². The van der Waals surface area contributed by atoms with Crippen LogP contribution >= 0.6 is 0 Å². The largest absolute Gasteiger partial charge is 0.504 e. The third kappa shape index (κ3) is 3.16. The molecule has 3 N–H and O–H groups in total. The maximum absolute atomic E-state index is 13.0. The summed E-state index contributed by atoms with van der Waals surface area (Å²) in [6, 6.07) is 11.0. The summed E-state index contributed by atoms with van der Waals surface area (Å²) in [6.45, 7) is -0.454. The number of ether oxygens (including phenoxy) is 4. The lowest BCUT2D eigenvalue weighted by atomic mass is 10.0. The number of aromatic hydroxyl groups is 2. The van der Waals surface area contributed by atoms with Crippen LogP contribution in [0.4, 0.5) is 0 Å². The molecule has 9 nitrogen and oxygen atoms in total. The zero-order chi connectivity index (χ0) is 23.3. The number of para-hydroxylation sites is 1. The molecule has 4 aromatic rings. The first kappa shape index (κ1) is 20.8. The van der Waals surface area contributed by atoms with Gasteiger partial charge in [-0.15, -0.1) is 0 Å². The fraction of sp³-hybridized carbons (Fsp3) is 0.208. The lowest BCUT2D eigenvalue weighted by molar-refractivity contribution is -0.0135. The van der Waals surface area contributed by atoms with Crippen LogP contribution in [0.5, 0.6) is 34.5 Å². The minimum Gasteiger partial charge on any atom is -0.504 e. The van der Waals surface area contributed by atoms with E-state index in [1.165, 1.54) is 32.4 Å². The Kier molecular flexibility index (Phi) is 4.90. The third-order valence-electron chi connectivity index (χ3n) is 5.62. The molecule has 0 aliphatic carbocycles. The van der Waals surface area contributed by atoms with Crippen LogP contribution in [0.25, 0.3) is 21.9 Å². The molecule has 0 saturated heterocycles. The van der Waals surface area contributed by atoms with E-state index in [-0.39, 0.29) is 50.9 Å². The molecule has 2 heterocycles. The van der Waals surface area contributed by atoms with Gasteiger partial charge in [0.15, 0.2) is 35.0 Å². The Morgan fingerprint density at radius 2 is 1.64 bits per heavy atom. The Morgan fingerprint density at radius 1 is 0.939 bits per heavy atom. The number of aliphatic hydroxyl groups excluding tert-OH is 1. The average molecular weight is 452 g/mol. The van der Waals surface area contributed by atoms with E-state index in [0.717, 1.165) is 0 Å². The molecule has 170 valence electrons. The van der Waals surface area contributed by atoms with E-state index in [1.54, 1.807) is 24.3 Å². The van der Waals surface area contributed by atoms with E-state index in [1.807, 2.05) is 0 Å². The summed E-state index contributed by atoms with van der Waals surface area (Å²) in [6.07, 6.45) is -1.83. The minimum absolute atomic E-state index is 0.0147. The Balaban J connectivity index is 1.70. The van der Waals surface area contributed by atoms with Gasteiger partial charge in [0, 0.05) is 5.56 Å². The maximum atomic E-state index is 13.0. The molecular weight excluding hydrogens is 432 g/mol. The lowest BCUT2D eigenvalue weighted by Gasteiger charge is -2.34. The first-order valence-electron chi connectivity index (χ1n) is 10.1. The van der Waals surface area contributed by atoms with Crippen molar-refractivity contribution in [3.05, 3.63) is 58.3 Å². The molecule has 5 rings (SSSR count). The van der Waals surface area contributed by atoms with Gasteiger partial charge in [0.2, 0.25) is 22.7 Å². The quantitative estimate of drug-likeness (QED) is 0.400. The van der Waals surface area contributed by atoms with Crippen LogP contribution in [0, 0.1) is 0 Å². The molecule has 9 heteroatoms. The average Bonchev–Trinajstić information content (AvgIpc) is 2.84. The smallest absolute Gasteiger partial charge is 0.209 e. The highest BCUT2D eigenvalue weighted by Gasteiger charge is 2.37. The number of rotatable bonds is 4. The monoisotopic (exact) mass is 452 g/mol. The summed E-state index contributed by atoms with van der Waals surface area (Å²) in [7, 11) is 2.78. The third-order valence-corrected chi connectivity index (χ3v) is 5.62. The van der Waals surface area contributed by atoms with Gasteiger partial charge >= 0.3 is 0 Å². The summed E-state index contributed by atoms with van der Waals surface area (Å²) in [5.41, 5.74) is 0.585. The Morgan fingerprint density at radius 3 is 2.30 bits per heavy atom. The number of benzene rings is 3. The maximum Gasteiger partial charge on any atom is 0.209 e. The van der Waals surface area contributed by atoms with Crippen LogP contribution in [0.1, 0.15) is 11.7 Å². The lowest BCUT2D eigenvalue weighted by Crippen LogP contribution is -2.36. The first-order chi connectivity index (χ1) is 16.0. The van der Waals surface area contributed by atoms with Gasteiger partial charge < -0.3 is 38.7 Å². The van der Waals surface area contributed by atoms with Crippen molar-refractivity contribution in [2.75, 3.05) is 20.8 Å². The van der Waals surface area contributed by atoms with Crippen LogP contribution in [0.3, 0.4) is 0 Å². The molecule has 0 unspecified atom stereocenters. The number of fused-ring (bicyclic) bond motifs is 4. The summed E-state index contributed by atoms with van der Waals surface area (Å²) in [4.78, 5) is 13.0. The molecular formula is C24H20O9. The fourth-order valence-electron chi connectivity index (χ4n) is 4.01. The van der Waals surface area contributed by atoms with Gasteiger partial charge in [0.25, 0.3) is 0 Å². The molecule has 0 saturated carbocycles. The number of phenolic OH excluding ortho intramolecular Hbond substituents is 2. The number of hydrogen-bond acceptors (Lipinski definition) is 9. The highest BCUT2D eigenvalue weighted by molar-refractivity contribution is 5.95. The SMILES string of the molecule is COc1cc([C@H]2Oc3c(O)cc4c(=O)c5ccccc5oc4c3O[C@@H]2CO)cc(OC)c1O. The topological polar surface area (TPSA) is 128 Å². The van der Waals surface area contributed by atoms with Gasteiger partial charge in [-0.3, -0.25) is 4.79 Å². The summed E-state index contributed by atoms with van der Waals surface area (Å²) in [5, 5.41) is 31.4. The van der Waals surface area contributed by atoms with E-state index in [9.17, 15) is 20.1 Å². The minimum atomic E-state index is -0.932. The second kappa shape index (κ2) is 7.79. The van der Waals surface area contributed by atoms with Gasteiger partial charge in [-0.1, -0.05) is 12.1 Å². The molecule has 33 heavy (non-hydrogen) atoms. The van der Waals surface area contributed by atoms with Crippen LogP contribution in [-0.2, 0) is 0 Å². The van der Waals surface area contributed by atoms with Gasteiger partial charge in [-0.25, -0.2) is 0 Å². The Hall–Kier alpha value is -4.11. The number of phenols is 2. The zero-order valence-corrected chi connectivity index (χ0v) is 17.7. The summed E-state index contributed by atoms with van der Waals surface area (Å²) < 4.78 is 28.4. The Labute approximate surface area is 186 Å². The normalized spacial score (nSPS) is 17.3. The van der Waals surface area contributed by atoms with Crippen molar-refractivity contribution in [2.24, 2.45) is 0 Å². The van der Waals surface area contributed by atoms with Crippen LogP contribution in [-0.4, -0.2) is 42.3 Å². The van der Waals surface area contributed by atoms with Crippen LogP contribution < -0.4 is 24.4 Å². The molecule has 1 aliphatic heterocycles. The van der Waals surface area contributed by atoms with E-state index >= 15 is 0 Å². The van der Waals surface area contributed by atoms with Crippen molar-refractivity contribution < 1.29 is 38.7 Å². The molecule has 1 aromatic heterocycles. The van der Waals surface area contributed by atoms with Crippen molar-refractivity contribution in [3.63, 3.8) is 0 Å². The molecule has 2 atom stereocenters. The van der Waals surface area contributed by atoms with E-state index < -0.39 is 18.8 Å². The number of hydrogen-bond donors (Lipinski definition) is 3. The van der Waals surface area contributed by atoms with Crippen molar-refractivity contribution in [2.45, 2.75) is 12.2 Å². The number of methoxy groups -OCH3 is 2. The van der Waals surface area contributed by atoms with Crippen LogP contribution in [0.15, 0.2) is 51.7 Å². The Bertz CT molecular complexity index is 1410. The highest BCUT2D eigenvalue weighted by Crippen LogP contribution is 2.50. The van der Waals surface area contributed by atoms with E-state index in [0.29, 0.717) is 16.5 Å². The highest BCUT2D eigenvalue weighted by atomic mass is 16.6. The standard InChI is InChI=1S/C24H20O9/c1-29-16-7-11(8-17(30-2)20(16)28)21-18(10-25)32-24-22-13(9-14(26)23(24)33-21)19(27)12-5-3-4-6-15(12)31-22/h3-9,18,21,25-26,28H,10H2,1-2H3/t18-,21-/m1/s1. The molecule has 3 aromatic carbocycles.